The van der Waals surface area contributed by atoms with Gasteiger partial charge in [-0.25, -0.2) is 4.39 Å². The number of halogens is 1. The Balaban J connectivity index is 1.77. The van der Waals surface area contributed by atoms with E-state index in [4.69, 9.17) is 0 Å². The van der Waals surface area contributed by atoms with Crippen LogP contribution in [0.4, 0.5) is 4.39 Å². The standard InChI is InChI=1S/C14H11FN2O3S/c15-8-1-3-10-7(5-8)6-11(21-10)14(20)16-9-2-4-12(18)17-13(9)19/h1,3,5-6,9H,2,4H2,(H,16,20)(H,17,18,19). The van der Waals surface area contributed by atoms with Gasteiger partial charge in [-0.15, -0.1) is 11.3 Å². The first-order valence-electron chi connectivity index (χ1n) is 6.36. The number of thiophene rings is 1. The molecule has 1 unspecified atom stereocenters. The van der Waals surface area contributed by atoms with Crippen LogP contribution in [0.3, 0.4) is 0 Å². The molecule has 3 rings (SSSR count). The van der Waals surface area contributed by atoms with Gasteiger partial charge in [0.25, 0.3) is 5.91 Å². The average molecular weight is 306 g/mol. The zero-order valence-electron chi connectivity index (χ0n) is 10.8. The molecule has 5 nitrogen and oxygen atoms in total. The molecule has 1 aromatic heterocycles. The zero-order valence-corrected chi connectivity index (χ0v) is 11.6. The van der Waals surface area contributed by atoms with Crippen molar-refractivity contribution in [1.29, 1.82) is 0 Å². The van der Waals surface area contributed by atoms with Crippen molar-refractivity contribution in [3.8, 4) is 0 Å². The van der Waals surface area contributed by atoms with Gasteiger partial charge in [0.1, 0.15) is 11.9 Å². The number of carbonyl (C=O) groups is 3. The molecule has 3 amide bonds. The first-order chi connectivity index (χ1) is 10.0. The molecule has 1 fully saturated rings. The highest BCUT2D eigenvalue weighted by molar-refractivity contribution is 7.20. The van der Waals surface area contributed by atoms with Gasteiger partial charge >= 0.3 is 0 Å². The summed E-state index contributed by atoms with van der Waals surface area (Å²) in [7, 11) is 0. The second-order valence-electron chi connectivity index (χ2n) is 4.77. The molecule has 0 saturated carbocycles. The van der Waals surface area contributed by atoms with Crippen molar-refractivity contribution >= 4 is 39.1 Å². The van der Waals surface area contributed by atoms with Crippen molar-refractivity contribution in [2.24, 2.45) is 0 Å². The number of hydrogen-bond donors (Lipinski definition) is 2. The van der Waals surface area contributed by atoms with Crippen LogP contribution in [0.15, 0.2) is 24.3 Å². The molecule has 1 saturated heterocycles. The van der Waals surface area contributed by atoms with E-state index >= 15 is 0 Å². The Morgan fingerprint density at radius 1 is 1.33 bits per heavy atom. The lowest BCUT2D eigenvalue weighted by atomic mass is 10.1. The number of imide groups is 1. The number of piperidine rings is 1. The molecule has 2 N–H and O–H groups in total. The molecule has 2 heterocycles. The summed E-state index contributed by atoms with van der Waals surface area (Å²) in [5.74, 6) is -1.59. The van der Waals surface area contributed by atoms with Gasteiger partial charge in [-0.1, -0.05) is 0 Å². The average Bonchev–Trinajstić information content (AvgIpc) is 2.85. The summed E-state index contributed by atoms with van der Waals surface area (Å²) in [6, 6.07) is 5.18. The zero-order chi connectivity index (χ0) is 15.0. The van der Waals surface area contributed by atoms with E-state index in [1.165, 1.54) is 23.5 Å². The lowest BCUT2D eigenvalue weighted by molar-refractivity contribution is -0.134. The third-order valence-electron chi connectivity index (χ3n) is 3.25. The number of nitrogens with one attached hydrogen (secondary N) is 2. The van der Waals surface area contributed by atoms with E-state index in [9.17, 15) is 18.8 Å². The number of fused-ring (bicyclic) bond motifs is 1. The third-order valence-corrected chi connectivity index (χ3v) is 4.36. The first kappa shape index (κ1) is 13.7. The van der Waals surface area contributed by atoms with Gasteiger partial charge in [-0.3, -0.25) is 19.7 Å². The highest BCUT2D eigenvalue weighted by Gasteiger charge is 2.28. The van der Waals surface area contributed by atoms with Crippen LogP contribution in [-0.4, -0.2) is 23.8 Å². The van der Waals surface area contributed by atoms with E-state index < -0.39 is 17.9 Å². The van der Waals surface area contributed by atoms with Crippen molar-refractivity contribution < 1.29 is 18.8 Å². The Kier molecular flexibility index (Phi) is 3.42. The minimum Gasteiger partial charge on any atom is -0.340 e. The fraction of sp³-hybridized carbons (Fsp3) is 0.214. The van der Waals surface area contributed by atoms with Crippen LogP contribution in [0.1, 0.15) is 22.5 Å². The fourth-order valence-corrected chi connectivity index (χ4v) is 3.13. The molecule has 0 spiro atoms. The van der Waals surface area contributed by atoms with Crippen molar-refractivity contribution in [3.05, 3.63) is 35.0 Å². The molecule has 1 aliphatic rings. The van der Waals surface area contributed by atoms with Crippen LogP contribution in [0.2, 0.25) is 0 Å². The van der Waals surface area contributed by atoms with Crippen LogP contribution in [-0.2, 0) is 9.59 Å². The third kappa shape index (κ3) is 2.78. The molecule has 108 valence electrons. The molecular weight excluding hydrogens is 295 g/mol. The second kappa shape index (κ2) is 5.25. The van der Waals surface area contributed by atoms with Crippen LogP contribution >= 0.6 is 11.3 Å². The van der Waals surface area contributed by atoms with Gasteiger partial charge in [0, 0.05) is 11.1 Å². The predicted molar refractivity (Wildman–Crippen MR) is 75.4 cm³/mol. The Morgan fingerprint density at radius 2 is 2.14 bits per heavy atom. The van der Waals surface area contributed by atoms with Crippen LogP contribution in [0.5, 0.6) is 0 Å². The van der Waals surface area contributed by atoms with Gasteiger partial charge in [-0.05, 0) is 36.1 Å². The van der Waals surface area contributed by atoms with E-state index in [0.717, 1.165) is 4.70 Å². The van der Waals surface area contributed by atoms with Gasteiger partial charge in [-0.2, -0.15) is 0 Å². The second-order valence-corrected chi connectivity index (χ2v) is 5.85. The summed E-state index contributed by atoms with van der Waals surface area (Å²) in [4.78, 5) is 35.2. The SMILES string of the molecule is O=C1CCC(NC(=O)c2cc3cc(F)ccc3s2)C(=O)N1. The van der Waals surface area contributed by atoms with Crippen LogP contribution in [0, 0.1) is 5.82 Å². The summed E-state index contributed by atoms with van der Waals surface area (Å²) in [6.07, 6.45) is 0.490. The monoisotopic (exact) mass is 306 g/mol. The highest BCUT2D eigenvalue weighted by atomic mass is 32.1. The molecule has 1 aromatic carbocycles. The van der Waals surface area contributed by atoms with E-state index in [1.54, 1.807) is 12.1 Å². The summed E-state index contributed by atoms with van der Waals surface area (Å²) in [6.45, 7) is 0. The Hall–Kier alpha value is -2.28. The Morgan fingerprint density at radius 3 is 2.90 bits per heavy atom. The molecule has 0 radical (unpaired) electrons. The highest BCUT2D eigenvalue weighted by Crippen LogP contribution is 2.26. The number of amides is 3. The number of carbonyl (C=O) groups excluding carboxylic acids is 3. The molecular formula is C14H11FN2O3S. The van der Waals surface area contributed by atoms with Crippen molar-refractivity contribution in [1.82, 2.24) is 10.6 Å². The topological polar surface area (TPSA) is 75.3 Å². The number of benzene rings is 1. The quantitative estimate of drug-likeness (QED) is 0.827. The number of hydrogen-bond acceptors (Lipinski definition) is 4. The largest absolute Gasteiger partial charge is 0.340 e. The lowest BCUT2D eigenvalue weighted by Crippen LogP contribution is -2.52. The van der Waals surface area contributed by atoms with Crippen molar-refractivity contribution in [2.45, 2.75) is 18.9 Å². The van der Waals surface area contributed by atoms with Gasteiger partial charge in [0.2, 0.25) is 11.8 Å². The van der Waals surface area contributed by atoms with E-state index in [2.05, 4.69) is 10.6 Å². The smallest absolute Gasteiger partial charge is 0.262 e. The minimum absolute atomic E-state index is 0.203. The fourth-order valence-electron chi connectivity index (χ4n) is 2.19. The first-order valence-corrected chi connectivity index (χ1v) is 7.18. The number of rotatable bonds is 2. The Bertz CT molecular complexity index is 756. The normalized spacial score (nSPS) is 18.6. The molecule has 21 heavy (non-hydrogen) atoms. The maximum atomic E-state index is 13.1. The van der Waals surface area contributed by atoms with Crippen molar-refractivity contribution in [3.63, 3.8) is 0 Å². The minimum atomic E-state index is -0.711. The molecule has 1 atom stereocenters. The van der Waals surface area contributed by atoms with E-state index in [1.807, 2.05) is 0 Å². The van der Waals surface area contributed by atoms with Gasteiger partial charge in [0.15, 0.2) is 0 Å². The molecule has 2 aromatic rings. The maximum absolute atomic E-state index is 13.1. The van der Waals surface area contributed by atoms with E-state index in [-0.39, 0.29) is 24.6 Å². The Labute approximate surface area is 123 Å². The van der Waals surface area contributed by atoms with Gasteiger partial charge < -0.3 is 5.32 Å². The molecule has 1 aliphatic heterocycles. The summed E-state index contributed by atoms with van der Waals surface area (Å²) >= 11 is 1.23. The molecule has 0 aliphatic carbocycles. The summed E-state index contributed by atoms with van der Waals surface area (Å²) in [5, 5.41) is 5.42. The summed E-state index contributed by atoms with van der Waals surface area (Å²) in [5.41, 5.74) is 0. The van der Waals surface area contributed by atoms with Crippen LogP contribution < -0.4 is 10.6 Å². The molecule has 7 heteroatoms. The van der Waals surface area contributed by atoms with E-state index in [0.29, 0.717) is 10.3 Å². The van der Waals surface area contributed by atoms with Gasteiger partial charge in [0.05, 0.1) is 4.88 Å². The predicted octanol–water partition coefficient (Wildman–Crippen LogP) is 1.58. The summed E-state index contributed by atoms with van der Waals surface area (Å²) < 4.78 is 13.9. The lowest BCUT2D eigenvalue weighted by Gasteiger charge is -2.21. The van der Waals surface area contributed by atoms with Crippen LogP contribution in [0.25, 0.3) is 10.1 Å². The maximum Gasteiger partial charge on any atom is 0.262 e. The molecule has 0 bridgehead atoms. The van der Waals surface area contributed by atoms with Crippen molar-refractivity contribution in [2.75, 3.05) is 0 Å².